The molecule has 0 N–H and O–H groups in total. The smallest absolute Gasteiger partial charge is 0.146 e. The molecule has 5 aromatic rings. The Morgan fingerprint density at radius 3 is 2.48 bits per heavy atom. The van der Waals surface area contributed by atoms with Gasteiger partial charge in [-0.15, -0.1) is 0 Å². The van der Waals surface area contributed by atoms with Gasteiger partial charge in [-0.25, -0.2) is 4.98 Å². The number of hydrogen-bond acceptors (Lipinski definition) is 2. The number of pyridine rings is 1. The maximum atomic E-state index is 9.24. The maximum absolute atomic E-state index is 9.24. The van der Waals surface area contributed by atoms with Gasteiger partial charge in [-0.1, -0.05) is 42.5 Å². The zero-order valence-corrected chi connectivity index (χ0v) is 13.3. The summed E-state index contributed by atoms with van der Waals surface area (Å²) in [5.41, 5.74) is 5.83. The molecule has 2 aromatic heterocycles. The lowest BCUT2D eigenvalue weighted by atomic mass is 10.0. The van der Waals surface area contributed by atoms with Crippen molar-refractivity contribution >= 4 is 27.5 Å². The molecule has 0 atom stereocenters. The van der Waals surface area contributed by atoms with E-state index in [-0.39, 0.29) is 0 Å². The maximum Gasteiger partial charge on any atom is 0.146 e. The quantitative estimate of drug-likeness (QED) is 0.427. The van der Waals surface area contributed by atoms with E-state index in [1.165, 1.54) is 0 Å². The van der Waals surface area contributed by atoms with E-state index in [4.69, 9.17) is 4.98 Å². The molecule has 116 valence electrons. The molecule has 0 unspecified atom stereocenters. The van der Waals surface area contributed by atoms with E-state index in [0.29, 0.717) is 5.56 Å². The Morgan fingerprint density at radius 2 is 1.64 bits per heavy atom. The third-order valence-electron chi connectivity index (χ3n) is 4.59. The van der Waals surface area contributed by atoms with Crippen molar-refractivity contribution in [2.75, 3.05) is 0 Å². The highest BCUT2D eigenvalue weighted by Crippen LogP contribution is 2.32. The van der Waals surface area contributed by atoms with Crippen LogP contribution in [0.25, 0.3) is 38.7 Å². The van der Waals surface area contributed by atoms with Crippen LogP contribution in [0.1, 0.15) is 5.56 Å². The number of para-hydroxylation sites is 2. The second kappa shape index (κ2) is 5.19. The van der Waals surface area contributed by atoms with Gasteiger partial charge in [0.1, 0.15) is 5.65 Å². The molecule has 5 rings (SSSR count). The molecule has 3 heteroatoms. The van der Waals surface area contributed by atoms with E-state index < -0.39 is 0 Å². The van der Waals surface area contributed by atoms with Crippen molar-refractivity contribution in [2.45, 2.75) is 0 Å². The van der Waals surface area contributed by atoms with Crippen LogP contribution in [-0.4, -0.2) is 9.38 Å². The van der Waals surface area contributed by atoms with Gasteiger partial charge in [0.25, 0.3) is 0 Å². The number of nitriles is 1. The van der Waals surface area contributed by atoms with Crippen LogP contribution in [0, 0.1) is 11.3 Å². The summed E-state index contributed by atoms with van der Waals surface area (Å²) in [4.78, 5) is 4.87. The SMILES string of the molecule is N#Cc1ccc2c(c1)cc(-c1ccccc1)n1c3ccccc3nc21. The minimum atomic E-state index is 0.659. The number of nitrogens with zero attached hydrogens (tertiary/aromatic N) is 3. The molecule has 0 radical (unpaired) electrons. The van der Waals surface area contributed by atoms with Crippen molar-refractivity contribution in [3.05, 3.63) is 84.4 Å². The first-order valence-corrected chi connectivity index (χ1v) is 8.15. The minimum Gasteiger partial charge on any atom is -0.292 e. The summed E-state index contributed by atoms with van der Waals surface area (Å²) < 4.78 is 2.21. The van der Waals surface area contributed by atoms with Crippen molar-refractivity contribution in [1.82, 2.24) is 9.38 Å². The van der Waals surface area contributed by atoms with E-state index in [0.717, 1.165) is 38.7 Å². The Hall–Kier alpha value is -3.64. The second-order valence-corrected chi connectivity index (χ2v) is 6.07. The fourth-order valence-corrected chi connectivity index (χ4v) is 3.44. The molecule has 0 aliphatic carbocycles. The number of fused-ring (bicyclic) bond motifs is 5. The highest BCUT2D eigenvalue weighted by Gasteiger charge is 2.13. The average Bonchev–Trinajstić information content (AvgIpc) is 3.07. The first kappa shape index (κ1) is 13.8. The summed E-state index contributed by atoms with van der Waals surface area (Å²) >= 11 is 0. The fraction of sp³-hybridized carbons (Fsp3) is 0. The third kappa shape index (κ3) is 2.02. The summed E-state index contributed by atoms with van der Waals surface area (Å²) in [6, 6.07) is 28.6. The van der Waals surface area contributed by atoms with Gasteiger partial charge in [-0.3, -0.25) is 4.40 Å². The lowest BCUT2D eigenvalue weighted by molar-refractivity contribution is 1.25. The summed E-state index contributed by atoms with van der Waals surface area (Å²) in [6.07, 6.45) is 0. The van der Waals surface area contributed by atoms with Crippen molar-refractivity contribution in [2.24, 2.45) is 0 Å². The van der Waals surface area contributed by atoms with E-state index in [1.54, 1.807) is 0 Å². The van der Waals surface area contributed by atoms with E-state index in [1.807, 2.05) is 54.6 Å². The van der Waals surface area contributed by atoms with Crippen molar-refractivity contribution < 1.29 is 0 Å². The predicted octanol–water partition coefficient (Wildman–Crippen LogP) is 5.18. The molecule has 0 spiro atoms. The van der Waals surface area contributed by atoms with Gasteiger partial charge < -0.3 is 0 Å². The van der Waals surface area contributed by atoms with Gasteiger partial charge in [0.05, 0.1) is 28.4 Å². The van der Waals surface area contributed by atoms with Crippen LogP contribution in [0.4, 0.5) is 0 Å². The van der Waals surface area contributed by atoms with Crippen LogP contribution in [0.5, 0.6) is 0 Å². The Morgan fingerprint density at radius 1 is 0.840 bits per heavy atom. The summed E-state index contributed by atoms with van der Waals surface area (Å²) in [7, 11) is 0. The second-order valence-electron chi connectivity index (χ2n) is 6.07. The van der Waals surface area contributed by atoms with E-state index >= 15 is 0 Å². The Labute approximate surface area is 144 Å². The van der Waals surface area contributed by atoms with Crippen LogP contribution < -0.4 is 0 Å². The highest BCUT2D eigenvalue weighted by molar-refractivity contribution is 6.01. The molecule has 3 aromatic carbocycles. The van der Waals surface area contributed by atoms with Gasteiger partial charge in [0.15, 0.2) is 0 Å². The normalized spacial score (nSPS) is 11.2. The fourth-order valence-electron chi connectivity index (χ4n) is 3.44. The number of hydrogen-bond donors (Lipinski definition) is 0. The molecular weight excluding hydrogens is 306 g/mol. The number of benzene rings is 3. The van der Waals surface area contributed by atoms with Crippen LogP contribution in [0.15, 0.2) is 78.9 Å². The standard InChI is InChI=1S/C22H13N3/c23-14-15-10-11-18-17(12-15)13-21(16-6-2-1-3-7-16)25-20-9-5-4-8-19(20)24-22(18)25/h1-13H. The molecule has 3 nitrogen and oxygen atoms in total. The zero-order valence-electron chi connectivity index (χ0n) is 13.3. The largest absolute Gasteiger partial charge is 0.292 e. The lowest BCUT2D eigenvalue weighted by Gasteiger charge is -2.10. The molecule has 0 aliphatic rings. The van der Waals surface area contributed by atoms with Crippen molar-refractivity contribution in [3.8, 4) is 17.3 Å². The molecule has 0 amide bonds. The van der Waals surface area contributed by atoms with Crippen LogP contribution in [0.3, 0.4) is 0 Å². The minimum absolute atomic E-state index is 0.659. The van der Waals surface area contributed by atoms with Gasteiger partial charge in [-0.2, -0.15) is 5.26 Å². The molecule has 0 aliphatic heterocycles. The third-order valence-corrected chi connectivity index (χ3v) is 4.59. The van der Waals surface area contributed by atoms with Gasteiger partial charge in [0.2, 0.25) is 0 Å². The Kier molecular flexibility index (Phi) is 2.86. The molecule has 0 saturated heterocycles. The topological polar surface area (TPSA) is 41.1 Å². The van der Waals surface area contributed by atoms with Gasteiger partial charge in [0, 0.05) is 5.39 Å². The predicted molar refractivity (Wildman–Crippen MR) is 100 cm³/mol. The van der Waals surface area contributed by atoms with Gasteiger partial charge >= 0.3 is 0 Å². The zero-order chi connectivity index (χ0) is 16.8. The lowest BCUT2D eigenvalue weighted by Crippen LogP contribution is -1.94. The average molecular weight is 319 g/mol. The first-order valence-electron chi connectivity index (χ1n) is 8.15. The molecule has 25 heavy (non-hydrogen) atoms. The van der Waals surface area contributed by atoms with Crippen molar-refractivity contribution in [3.63, 3.8) is 0 Å². The summed E-state index contributed by atoms with van der Waals surface area (Å²) in [5, 5.41) is 11.3. The van der Waals surface area contributed by atoms with Crippen LogP contribution in [0.2, 0.25) is 0 Å². The number of aromatic nitrogens is 2. The van der Waals surface area contributed by atoms with Crippen molar-refractivity contribution in [1.29, 1.82) is 5.26 Å². The van der Waals surface area contributed by atoms with E-state index in [9.17, 15) is 5.26 Å². The monoisotopic (exact) mass is 319 g/mol. The Bertz CT molecular complexity index is 1290. The van der Waals surface area contributed by atoms with E-state index in [2.05, 4.69) is 34.7 Å². The van der Waals surface area contributed by atoms with Crippen LogP contribution in [-0.2, 0) is 0 Å². The molecular formula is C22H13N3. The molecule has 2 heterocycles. The van der Waals surface area contributed by atoms with Gasteiger partial charge in [-0.05, 0) is 47.3 Å². The number of rotatable bonds is 1. The molecule has 0 bridgehead atoms. The van der Waals surface area contributed by atoms with Crippen LogP contribution >= 0.6 is 0 Å². The molecule has 0 saturated carbocycles. The highest BCUT2D eigenvalue weighted by atomic mass is 15.0. The summed E-state index contributed by atoms with van der Waals surface area (Å²) in [6.45, 7) is 0. The Balaban J connectivity index is 2.03. The molecule has 0 fully saturated rings. The summed E-state index contributed by atoms with van der Waals surface area (Å²) in [5.74, 6) is 0. The number of imidazole rings is 1. The first-order chi connectivity index (χ1) is 12.3.